The van der Waals surface area contributed by atoms with E-state index in [1.165, 1.54) is 29.2 Å². The van der Waals surface area contributed by atoms with E-state index in [1.807, 2.05) is 19.1 Å². The van der Waals surface area contributed by atoms with E-state index in [4.69, 9.17) is 4.42 Å². The van der Waals surface area contributed by atoms with Gasteiger partial charge < -0.3 is 9.52 Å². The first kappa shape index (κ1) is 21.2. The van der Waals surface area contributed by atoms with E-state index in [-0.39, 0.29) is 11.3 Å². The second-order valence-corrected chi connectivity index (χ2v) is 8.76. The zero-order valence-electron chi connectivity index (χ0n) is 17.4. The molecule has 1 unspecified atom stereocenters. The number of anilines is 1. The molecule has 3 aromatic carbocycles. The topological polar surface area (TPSA) is 70.8 Å². The van der Waals surface area contributed by atoms with Crippen LogP contribution in [-0.2, 0) is 4.79 Å². The van der Waals surface area contributed by atoms with Gasteiger partial charge in [-0.2, -0.15) is 0 Å². The molecule has 1 amide bonds. The molecule has 7 heteroatoms. The smallest absolute Gasteiger partial charge is 0.294 e. The van der Waals surface area contributed by atoms with Crippen molar-refractivity contribution in [2.24, 2.45) is 0 Å². The van der Waals surface area contributed by atoms with E-state index in [9.17, 15) is 19.1 Å². The van der Waals surface area contributed by atoms with Gasteiger partial charge in [-0.1, -0.05) is 45.8 Å². The molecule has 0 bridgehead atoms. The number of amides is 1. The second kappa shape index (κ2) is 8.01. The van der Waals surface area contributed by atoms with Gasteiger partial charge in [0.2, 0.25) is 5.78 Å². The maximum atomic E-state index is 13.6. The Morgan fingerprint density at radius 2 is 1.73 bits per heavy atom. The van der Waals surface area contributed by atoms with Crippen LogP contribution in [0.3, 0.4) is 0 Å². The summed E-state index contributed by atoms with van der Waals surface area (Å²) >= 11 is 3.39. The number of fused-ring (bicyclic) bond motifs is 1. The molecule has 5 rings (SSSR count). The van der Waals surface area contributed by atoms with Crippen molar-refractivity contribution in [3.63, 3.8) is 0 Å². The summed E-state index contributed by atoms with van der Waals surface area (Å²) in [6, 6.07) is 18.6. The quantitative estimate of drug-likeness (QED) is 0.324. The van der Waals surface area contributed by atoms with Gasteiger partial charge in [-0.3, -0.25) is 14.5 Å². The van der Waals surface area contributed by atoms with Crippen LogP contribution in [0.4, 0.5) is 10.1 Å². The van der Waals surface area contributed by atoms with Crippen LogP contribution in [0.25, 0.3) is 11.0 Å². The van der Waals surface area contributed by atoms with E-state index >= 15 is 0 Å². The lowest BCUT2D eigenvalue weighted by Gasteiger charge is -2.27. The highest BCUT2D eigenvalue weighted by atomic mass is 79.9. The monoisotopic (exact) mass is 505 g/mol. The third-order valence-corrected chi connectivity index (χ3v) is 6.15. The van der Waals surface area contributed by atoms with Crippen LogP contribution in [0.15, 0.2) is 93.0 Å². The molecule has 0 fully saturated rings. The molecule has 164 valence electrons. The molecule has 33 heavy (non-hydrogen) atoms. The zero-order chi connectivity index (χ0) is 23.3. The minimum absolute atomic E-state index is 0.00434. The number of aliphatic hydroxyl groups is 1. The van der Waals surface area contributed by atoms with E-state index in [0.29, 0.717) is 22.2 Å². The molecule has 1 aliphatic rings. The maximum Gasteiger partial charge on any atom is 0.294 e. The molecule has 1 aromatic heterocycles. The first-order valence-corrected chi connectivity index (χ1v) is 11.0. The molecule has 0 saturated carbocycles. The van der Waals surface area contributed by atoms with Crippen LogP contribution in [0.2, 0.25) is 0 Å². The first-order valence-electron chi connectivity index (χ1n) is 10.2. The number of benzene rings is 3. The summed E-state index contributed by atoms with van der Waals surface area (Å²) in [5.74, 6) is -2.44. The van der Waals surface area contributed by atoms with Gasteiger partial charge in [0.05, 0.1) is 11.6 Å². The molecule has 0 radical (unpaired) electrons. The SMILES string of the molecule is Cc1ccc(N2C(=O)C(O)=C(C(=O)c3cc4cc(Br)ccc4o3)C2c2ccc(F)cc2)cc1. The Hall–Kier alpha value is -3.71. The molecule has 1 N–H and O–H groups in total. The lowest BCUT2D eigenvalue weighted by atomic mass is 9.94. The number of nitrogens with zero attached hydrogens (tertiary/aromatic N) is 1. The van der Waals surface area contributed by atoms with Crippen molar-refractivity contribution < 1.29 is 23.5 Å². The summed E-state index contributed by atoms with van der Waals surface area (Å²) in [7, 11) is 0. The summed E-state index contributed by atoms with van der Waals surface area (Å²) in [4.78, 5) is 28.1. The van der Waals surface area contributed by atoms with Crippen LogP contribution < -0.4 is 4.90 Å². The Balaban J connectivity index is 1.65. The van der Waals surface area contributed by atoms with Crippen molar-refractivity contribution in [2.75, 3.05) is 4.90 Å². The summed E-state index contributed by atoms with van der Waals surface area (Å²) in [5.41, 5.74) is 2.36. The lowest BCUT2D eigenvalue weighted by Crippen LogP contribution is -2.31. The summed E-state index contributed by atoms with van der Waals surface area (Å²) < 4.78 is 20.2. The van der Waals surface area contributed by atoms with E-state index in [0.717, 1.165) is 10.0 Å². The molecule has 2 heterocycles. The van der Waals surface area contributed by atoms with Gasteiger partial charge in [-0.25, -0.2) is 4.39 Å². The van der Waals surface area contributed by atoms with Crippen LogP contribution in [-0.4, -0.2) is 16.8 Å². The number of aliphatic hydroxyl groups excluding tert-OH is 1. The van der Waals surface area contributed by atoms with Gasteiger partial charge in [0.15, 0.2) is 11.5 Å². The summed E-state index contributed by atoms with van der Waals surface area (Å²) in [5, 5.41) is 11.5. The van der Waals surface area contributed by atoms with Gasteiger partial charge in [0, 0.05) is 15.5 Å². The number of aryl methyl sites for hydroxylation is 1. The fraction of sp³-hybridized carbons (Fsp3) is 0.0769. The number of furan rings is 1. The highest BCUT2D eigenvalue weighted by molar-refractivity contribution is 9.10. The molecule has 4 aromatic rings. The van der Waals surface area contributed by atoms with Crippen LogP contribution in [0, 0.1) is 12.7 Å². The molecular weight excluding hydrogens is 489 g/mol. The standard InChI is InChI=1S/C26H17BrFNO4/c1-14-2-9-19(10-3-14)29-23(15-4-7-18(28)8-5-15)22(25(31)26(29)32)24(30)21-13-16-12-17(27)6-11-20(16)33-21/h2-13,23,31H,1H3. The van der Waals surface area contributed by atoms with E-state index < -0.39 is 29.3 Å². The minimum atomic E-state index is -0.951. The number of hydrogen-bond acceptors (Lipinski definition) is 4. The zero-order valence-corrected chi connectivity index (χ0v) is 19.0. The van der Waals surface area contributed by atoms with Crippen LogP contribution in [0.1, 0.15) is 27.7 Å². The molecule has 5 nitrogen and oxygen atoms in total. The number of halogens is 2. The van der Waals surface area contributed by atoms with Crippen LogP contribution in [0.5, 0.6) is 0 Å². The molecular formula is C26H17BrFNO4. The molecule has 0 aliphatic carbocycles. The highest BCUT2D eigenvalue weighted by Crippen LogP contribution is 2.42. The maximum absolute atomic E-state index is 13.6. The average molecular weight is 506 g/mol. The number of Topliss-reactive ketones (excluding diaryl/α,β-unsaturated/α-hetero) is 1. The Bertz CT molecular complexity index is 1440. The van der Waals surface area contributed by atoms with E-state index in [1.54, 1.807) is 36.4 Å². The first-order chi connectivity index (χ1) is 15.8. The van der Waals surface area contributed by atoms with Gasteiger partial charge in [-0.15, -0.1) is 0 Å². The predicted octanol–water partition coefficient (Wildman–Crippen LogP) is 6.43. The third-order valence-electron chi connectivity index (χ3n) is 5.65. The number of ketones is 1. The van der Waals surface area contributed by atoms with Crippen molar-refractivity contribution >= 4 is 44.3 Å². The van der Waals surface area contributed by atoms with Crippen molar-refractivity contribution in [1.82, 2.24) is 0 Å². The normalized spacial score (nSPS) is 16.2. The molecule has 0 spiro atoms. The van der Waals surface area contributed by atoms with Gasteiger partial charge in [0.1, 0.15) is 11.4 Å². The molecule has 1 aliphatic heterocycles. The number of carbonyl (C=O) groups excluding carboxylic acids is 2. The van der Waals surface area contributed by atoms with Crippen molar-refractivity contribution in [2.45, 2.75) is 13.0 Å². The Labute approximate surface area is 196 Å². The van der Waals surface area contributed by atoms with Gasteiger partial charge in [0.25, 0.3) is 5.91 Å². The van der Waals surface area contributed by atoms with Crippen molar-refractivity contribution in [3.8, 4) is 0 Å². The fourth-order valence-corrected chi connectivity index (χ4v) is 4.41. The Morgan fingerprint density at radius 1 is 1.03 bits per heavy atom. The highest BCUT2D eigenvalue weighted by Gasteiger charge is 2.45. The lowest BCUT2D eigenvalue weighted by molar-refractivity contribution is -0.117. The predicted molar refractivity (Wildman–Crippen MR) is 126 cm³/mol. The van der Waals surface area contributed by atoms with Gasteiger partial charge in [-0.05, 0) is 61.0 Å². The Morgan fingerprint density at radius 3 is 2.42 bits per heavy atom. The average Bonchev–Trinajstić information content (AvgIpc) is 3.33. The second-order valence-electron chi connectivity index (χ2n) is 7.85. The number of hydrogen-bond donors (Lipinski definition) is 1. The molecule has 1 atom stereocenters. The number of rotatable bonds is 4. The minimum Gasteiger partial charge on any atom is -0.503 e. The Kier molecular flexibility index (Phi) is 5.13. The van der Waals surface area contributed by atoms with Crippen molar-refractivity contribution in [3.05, 3.63) is 111 Å². The molecule has 0 saturated heterocycles. The summed E-state index contributed by atoms with van der Waals surface area (Å²) in [6.45, 7) is 1.91. The van der Waals surface area contributed by atoms with Gasteiger partial charge >= 0.3 is 0 Å². The fourth-order valence-electron chi connectivity index (χ4n) is 4.03. The largest absolute Gasteiger partial charge is 0.503 e. The van der Waals surface area contributed by atoms with Crippen molar-refractivity contribution in [1.29, 1.82) is 0 Å². The number of carbonyl (C=O) groups is 2. The third kappa shape index (κ3) is 3.64. The summed E-state index contributed by atoms with van der Waals surface area (Å²) in [6.07, 6.45) is 0. The van der Waals surface area contributed by atoms with Crippen LogP contribution >= 0.6 is 15.9 Å². The van der Waals surface area contributed by atoms with E-state index in [2.05, 4.69) is 15.9 Å².